The van der Waals surface area contributed by atoms with Crippen LogP contribution in [-0.4, -0.2) is 19.3 Å². The fraction of sp³-hybridized carbons (Fsp3) is 0.571. The van der Waals surface area contributed by atoms with Crippen molar-refractivity contribution in [3.63, 3.8) is 0 Å². The number of hydrogen-bond acceptors (Lipinski definition) is 2. The van der Waals surface area contributed by atoms with Gasteiger partial charge in [-0.3, -0.25) is 0 Å². The lowest BCUT2D eigenvalue weighted by Crippen LogP contribution is -2.23. The Morgan fingerprint density at radius 1 is 1.44 bits per heavy atom. The molecule has 1 atom stereocenters. The number of ether oxygens (including phenoxy) is 2. The van der Waals surface area contributed by atoms with E-state index in [0.29, 0.717) is 12.4 Å². The van der Waals surface area contributed by atoms with Gasteiger partial charge in [0.1, 0.15) is 12.4 Å². The first-order valence-corrected chi connectivity index (χ1v) is 6.09. The molecule has 0 N–H and O–H groups in total. The Kier molecular flexibility index (Phi) is 6.66. The Morgan fingerprint density at radius 2 is 2.31 bits per heavy atom. The maximum absolute atomic E-state index is 5.57. The highest BCUT2D eigenvalue weighted by Gasteiger charge is 2.13. The summed E-state index contributed by atoms with van der Waals surface area (Å²) in [4.78, 5) is 0. The summed E-state index contributed by atoms with van der Waals surface area (Å²) < 4.78 is 11.1. The molecule has 16 heavy (non-hydrogen) atoms. The molecule has 1 fully saturated rings. The van der Waals surface area contributed by atoms with Gasteiger partial charge in [0.25, 0.3) is 0 Å². The molecule has 0 aliphatic carbocycles. The molecule has 0 aromatic carbocycles. The smallest absolute Gasteiger partial charge is 0.114 e. The van der Waals surface area contributed by atoms with Crippen LogP contribution < -0.4 is 0 Å². The Labute approximate surface area is 98.6 Å². The van der Waals surface area contributed by atoms with Crippen LogP contribution in [0.15, 0.2) is 36.6 Å². The molecule has 1 unspecified atom stereocenters. The van der Waals surface area contributed by atoms with Crippen molar-refractivity contribution in [2.24, 2.45) is 0 Å². The average Bonchev–Trinajstić information content (AvgIpc) is 2.33. The summed E-state index contributed by atoms with van der Waals surface area (Å²) in [5, 5.41) is 0. The van der Waals surface area contributed by atoms with Gasteiger partial charge in [-0.05, 0) is 31.8 Å². The third kappa shape index (κ3) is 5.76. The van der Waals surface area contributed by atoms with Crippen LogP contribution in [0.1, 0.15) is 32.6 Å². The molecular formula is C14H22O2. The van der Waals surface area contributed by atoms with Crippen LogP contribution in [0.3, 0.4) is 0 Å². The number of allylic oxidation sites excluding steroid dienone is 4. The summed E-state index contributed by atoms with van der Waals surface area (Å²) in [7, 11) is 0. The zero-order valence-corrected chi connectivity index (χ0v) is 10.2. The Balaban J connectivity index is 2.13. The van der Waals surface area contributed by atoms with E-state index >= 15 is 0 Å². The van der Waals surface area contributed by atoms with Crippen LogP contribution in [0.25, 0.3) is 0 Å². The zero-order chi connectivity index (χ0) is 11.6. The van der Waals surface area contributed by atoms with Gasteiger partial charge in [0, 0.05) is 6.61 Å². The summed E-state index contributed by atoms with van der Waals surface area (Å²) in [6, 6.07) is 0. The van der Waals surface area contributed by atoms with Crippen LogP contribution in [0.2, 0.25) is 0 Å². The maximum atomic E-state index is 5.57. The van der Waals surface area contributed by atoms with Gasteiger partial charge in [0.05, 0.1) is 6.10 Å². The highest BCUT2D eigenvalue weighted by molar-refractivity contribution is 5.14. The van der Waals surface area contributed by atoms with Crippen LogP contribution in [0.5, 0.6) is 0 Å². The zero-order valence-electron chi connectivity index (χ0n) is 10.2. The van der Waals surface area contributed by atoms with E-state index in [0.717, 1.165) is 19.4 Å². The third-order valence-electron chi connectivity index (χ3n) is 2.49. The van der Waals surface area contributed by atoms with E-state index in [1.807, 2.05) is 18.2 Å². The van der Waals surface area contributed by atoms with E-state index in [4.69, 9.17) is 9.47 Å². The molecular weight excluding hydrogens is 200 g/mol. The predicted molar refractivity (Wildman–Crippen MR) is 67.3 cm³/mol. The minimum atomic E-state index is 0.255. The Morgan fingerprint density at radius 3 is 3.00 bits per heavy atom. The van der Waals surface area contributed by atoms with Gasteiger partial charge < -0.3 is 9.47 Å². The monoisotopic (exact) mass is 222 g/mol. The third-order valence-corrected chi connectivity index (χ3v) is 2.49. The molecule has 0 amide bonds. The fourth-order valence-corrected chi connectivity index (χ4v) is 1.56. The number of hydrogen-bond donors (Lipinski definition) is 0. The SMILES string of the molecule is C=C(/C=C\C=C/CC)OCC1CCCCO1. The van der Waals surface area contributed by atoms with Crippen molar-refractivity contribution in [2.45, 2.75) is 38.7 Å². The molecule has 1 aliphatic rings. The van der Waals surface area contributed by atoms with Crippen LogP contribution >= 0.6 is 0 Å². The summed E-state index contributed by atoms with van der Waals surface area (Å²) in [6.07, 6.45) is 12.8. The van der Waals surface area contributed by atoms with Crippen molar-refractivity contribution in [1.82, 2.24) is 0 Å². The molecule has 0 radical (unpaired) electrons. The van der Waals surface area contributed by atoms with Gasteiger partial charge in [-0.25, -0.2) is 0 Å². The molecule has 0 saturated carbocycles. The summed E-state index contributed by atoms with van der Waals surface area (Å²) >= 11 is 0. The van der Waals surface area contributed by atoms with Crippen molar-refractivity contribution in [3.05, 3.63) is 36.6 Å². The van der Waals surface area contributed by atoms with Gasteiger partial charge in [0.2, 0.25) is 0 Å². The first-order chi connectivity index (χ1) is 7.83. The van der Waals surface area contributed by atoms with Crippen LogP contribution in [-0.2, 0) is 9.47 Å². The van der Waals surface area contributed by atoms with Gasteiger partial charge in [-0.2, -0.15) is 0 Å². The molecule has 0 bridgehead atoms. The molecule has 1 saturated heterocycles. The number of rotatable bonds is 6. The van der Waals surface area contributed by atoms with Crippen molar-refractivity contribution < 1.29 is 9.47 Å². The lowest BCUT2D eigenvalue weighted by Gasteiger charge is -2.22. The fourth-order valence-electron chi connectivity index (χ4n) is 1.56. The molecule has 0 aromatic rings. The minimum Gasteiger partial charge on any atom is -0.492 e. The summed E-state index contributed by atoms with van der Waals surface area (Å²) in [6.45, 7) is 7.44. The molecule has 90 valence electrons. The second-order valence-corrected chi connectivity index (χ2v) is 3.96. The van der Waals surface area contributed by atoms with E-state index < -0.39 is 0 Å². The Hall–Kier alpha value is -1.02. The second kappa shape index (κ2) is 8.17. The van der Waals surface area contributed by atoms with Gasteiger partial charge in [0.15, 0.2) is 0 Å². The van der Waals surface area contributed by atoms with E-state index in [1.165, 1.54) is 12.8 Å². The van der Waals surface area contributed by atoms with Crippen molar-refractivity contribution in [3.8, 4) is 0 Å². The quantitative estimate of drug-likeness (QED) is 0.505. The molecule has 1 aliphatic heterocycles. The topological polar surface area (TPSA) is 18.5 Å². The average molecular weight is 222 g/mol. The molecule has 0 aromatic heterocycles. The molecule has 1 rings (SSSR count). The van der Waals surface area contributed by atoms with E-state index in [9.17, 15) is 0 Å². The van der Waals surface area contributed by atoms with E-state index in [-0.39, 0.29) is 6.10 Å². The van der Waals surface area contributed by atoms with Crippen molar-refractivity contribution in [1.29, 1.82) is 0 Å². The molecule has 2 nitrogen and oxygen atoms in total. The lowest BCUT2D eigenvalue weighted by atomic mass is 10.1. The van der Waals surface area contributed by atoms with Crippen molar-refractivity contribution >= 4 is 0 Å². The lowest BCUT2D eigenvalue weighted by molar-refractivity contribution is -0.0240. The van der Waals surface area contributed by atoms with Crippen LogP contribution in [0.4, 0.5) is 0 Å². The predicted octanol–water partition coefficient (Wildman–Crippen LogP) is 3.61. The van der Waals surface area contributed by atoms with Gasteiger partial charge in [-0.15, -0.1) is 0 Å². The highest BCUT2D eigenvalue weighted by Crippen LogP contribution is 2.13. The molecule has 2 heteroatoms. The van der Waals surface area contributed by atoms with Gasteiger partial charge in [-0.1, -0.05) is 31.7 Å². The maximum Gasteiger partial charge on any atom is 0.114 e. The largest absolute Gasteiger partial charge is 0.492 e. The van der Waals surface area contributed by atoms with E-state index in [1.54, 1.807) is 0 Å². The summed E-state index contributed by atoms with van der Waals surface area (Å²) in [5.74, 6) is 0.704. The van der Waals surface area contributed by atoms with Gasteiger partial charge >= 0.3 is 0 Å². The summed E-state index contributed by atoms with van der Waals surface area (Å²) in [5.41, 5.74) is 0. The normalized spacial score (nSPS) is 21.7. The minimum absolute atomic E-state index is 0.255. The van der Waals surface area contributed by atoms with E-state index in [2.05, 4.69) is 19.6 Å². The first-order valence-electron chi connectivity index (χ1n) is 6.09. The molecule has 0 spiro atoms. The van der Waals surface area contributed by atoms with Crippen molar-refractivity contribution in [2.75, 3.05) is 13.2 Å². The highest BCUT2D eigenvalue weighted by atomic mass is 16.5. The van der Waals surface area contributed by atoms with Crippen LogP contribution in [0, 0.1) is 0 Å². The second-order valence-electron chi connectivity index (χ2n) is 3.96. The Bertz CT molecular complexity index is 247. The standard InChI is InChI=1S/C14H22O2/c1-3-4-5-6-9-13(2)16-12-14-10-7-8-11-15-14/h4-6,9,14H,2-3,7-8,10-12H2,1H3/b5-4-,9-6-. The molecule has 1 heterocycles. The first kappa shape index (κ1) is 13.0.